The monoisotopic (exact) mass is 358 g/mol. The lowest BCUT2D eigenvalue weighted by atomic mass is 9.99. The summed E-state index contributed by atoms with van der Waals surface area (Å²) in [7, 11) is 0. The lowest BCUT2D eigenvalue weighted by Gasteiger charge is -2.15. The molecule has 0 aliphatic carbocycles. The Morgan fingerprint density at radius 1 is 1.43 bits per heavy atom. The fourth-order valence-electron chi connectivity index (χ4n) is 2.28. The Morgan fingerprint density at radius 2 is 2.14 bits per heavy atom. The molecule has 1 aromatic heterocycles. The van der Waals surface area contributed by atoms with Gasteiger partial charge in [0.1, 0.15) is 0 Å². The number of hydrogen-bond acceptors (Lipinski definition) is 4. The fraction of sp³-hybridized carbons (Fsp3) is 0.462. The molecule has 1 aromatic rings. The van der Waals surface area contributed by atoms with Crippen LogP contribution in [0.2, 0.25) is 0 Å². The van der Waals surface area contributed by atoms with Gasteiger partial charge in [0, 0.05) is 13.1 Å². The topological polar surface area (TPSA) is 99.9 Å². The normalized spacial score (nSPS) is 21.3. The van der Waals surface area contributed by atoms with Gasteiger partial charge in [0.15, 0.2) is 10.4 Å². The van der Waals surface area contributed by atoms with Crippen molar-refractivity contribution in [2.75, 3.05) is 19.6 Å². The van der Waals surface area contributed by atoms with Gasteiger partial charge in [-0.3, -0.25) is 14.4 Å². The first-order chi connectivity index (χ1) is 9.88. The molecule has 8 heteroatoms. The van der Waals surface area contributed by atoms with Gasteiger partial charge in [0.05, 0.1) is 12.5 Å². The zero-order chi connectivity index (χ0) is 15.6. The molecule has 7 nitrogen and oxygen atoms in total. The molecule has 114 valence electrons. The number of nitrogens with zero attached hydrogens (tertiary/aromatic N) is 1. The first-order valence-electron chi connectivity index (χ1n) is 6.42. The molecule has 0 spiro atoms. The molecule has 1 fully saturated rings. The van der Waals surface area contributed by atoms with E-state index in [9.17, 15) is 14.4 Å². The Hall–Kier alpha value is -1.83. The van der Waals surface area contributed by atoms with Crippen LogP contribution in [0.4, 0.5) is 0 Å². The molecular formula is C13H15BrN2O5. The predicted octanol–water partition coefficient (Wildman–Crippen LogP) is 0.951. The minimum atomic E-state index is -0.901. The van der Waals surface area contributed by atoms with E-state index in [1.165, 1.54) is 11.0 Å². The van der Waals surface area contributed by atoms with Gasteiger partial charge < -0.3 is 19.7 Å². The average Bonchev–Trinajstić information content (AvgIpc) is 3.01. The fourth-order valence-corrected chi connectivity index (χ4v) is 2.59. The van der Waals surface area contributed by atoms with Crippen molar-refractivity contribution in [3.63, 3.8) is 0 Å². The van der Waals surface area contributed by atoms with Gasteiger partial charge in [-0.05, 0) is 34.0 Å². The van der Waals surface area contributed by atoms with Gasteiger partial charge in [-0.15, -0.1) is 0 Å². The van der Waals surface area contributed by atoms with Crippen LogP contribution in [0.15, 0.2) is 21.2 Å². The van der Waals surface area contributed by atoms with Gasteiger partial charge in [0.2, 0.25) is 5.91 Å². The summed E-state index contributed by atoms with van der Waals surface area (Å²) in [5.74, 6) is -2.23. The largest absolute Gasteiger partial charge is 0.481 e. The molecule has 2 N–H and O–H groups in total. The van der Waals surface area contributed by atoms with E-state index in [1.807, 2.05) is 0 Å². The van der Waals surface area contributed by atoms with Gasteiger partial charge in [-0.2, -0.15) is 0 Å². The third kappa shape index (κ3) is 3.63. The zero-order valence-electron chi connectivity index (χ0n) is 11.3. The number of carbonyl (C=O) groups excluding carboxylic acids is 2. The maximum Gasteiger partial charge on any atom is 0.308 e. The van der Waals surface area contributed by atoms with Gasteiger partial charge >= 0.3 is 5.97 Å². The van der Waals surface area contributed by atoms with Crippen molar-refractivity contribution in [1.29, 1.82) is 0 Å². The van der Waals surface area contributed by atoms with Crippen molar-refractivity contribution in [1.82, 2.24) is 10.2 Å². The zero-order valence-corrected chi connectivity index (χ0v) is 12.9. The van der Waals surface area contributed by atoms with Crippen LogP contribution in [-0.2, 0) is 9.59 Å². The lowest BCUT2D eigenvalue weighted by molar-refractivity contribution is -0.142. The van der Waals surface area contributed by atoms with Crippen LogP contribution >= 0.6 is 15.9 Å². The first-order valence-corrected chi connectivity index (χ1v) is 7.22. The van der Waals surface area contributed by atoms with Crippen LogP contribution in [0.3, 0.4) is 0 Å². The minimum Gasteiger partial charge on any atom is -0.481 e. The molecule has 1 aliphatic heterocycles. The van der Waals surface area contributed by atoms with Crippen LogP contribution in [0.5, 0.6) is 0 Å². The Kier molecular flexibility index (Phi) is 4.66. The molecule has 2 heterocycles. The number of carboxylic acids is 1. The molecule has 0 bridgehead atoms. The highest BCUT2D eigenvalue weighted by molar-refractivity contribution is 9.10. The summed E-state index contributed by atoms with van der Waals surface area (Å²) in [4.78, 5) is 36.2. The third-order valence-corrected chi connectivity index (χ3v) is 3.91. The molecule has 1 saturated heterocycles. The molecule has 0 aromatic carbocycles. The quantitative estimate of drug-likeness (QED) is 0.834. The van der Waals surface area contributed by atoms with E-state index in [0.717, 1.165) is 0 Å². The highest BCUT2D eigenvalue weighted by atomic mass is 79.9. The number of carbonyl (C=O) groups is 3. The van der Waals surface area contributed by atoms with Crippen LogP contribution in [0.25, 0.3) is 0 Å². The number of aliphatic carboxylic acids is 1. The number of rotatable bonds is 4. The summed E-state index contributed by atoms with van der Waals surface area (Å²) in [6.45, 7) is 2.18. The SMILES string of the molecule is CC1CN(C(=O)CNC(=O)c2ccc(Br)o2)CC1C(=O)O. The number of halogens is 1. The summed E-state index contributed by atoms with van der Waals surface area (Å²) in [5.41, 5.74) is 0. The van der Waals surface area contributed by atoms with Gasteiger partial charge in [0.25, 0.3) is 5.91 Å². The molecular weight excluding hydrogens is 344 g/mol. The Morgan fingerprint density at radius 3 is 2.67 bits per heavy atom. The number of carboxylic acid groups (broad SMARTS) is 1. The van der Waals surface area contributed by atoms with Crippen molar-refractivity contribution in [3.05, 3.63) is 22.6 Å². The maximum atomic E-state index is 12.0. The summed E-state index contributed by atoms with van der Waals surface area (Å²) >= 11 is 3.08. The maximum absolute atomic E-state index is 12.0. The minimum absolute atomic E-state index is 0.0943. The molecule has 2 rings (SSSR count). The standard InChI is InChI=1S/C13H15BrN2O5/c1-7-5-16(6-8(7)13(19)20)11(17)4-15-12(18)9-2-3-10(14)21-9/h2-3,7-8H,4-6H2,1H3,(H,15,18)(H,19,20). The smallest absolute Gasteiger partial charge is 0.308 e. The average molecular weight is 359 g/mol. The molecule has 2 amide bonds. The number of hydrogen-bond donors (Lipinski definition) is 2. The number of amides is 2. The van der Waals surface area contributed by atoms with Crippen LogP contribution < -0.4 is 5.32 Å². The molecule has 0 radical (unpaired) electrons. The summed E-state index contributed by atoms with van der Waals surface area (Å²) in [6.07, 6.45) is 0. The van der Waals surface area contributed by atoms with Crippen LogP contribution in [0.1, 0.15) is 17.5 Å². The number of likely N-dealkylation sites (tertiary alicyclic amines) is 1. The molecule has 2 atom stereocenters. The summed E-state index contributed by atoms with van der Waals surface area (Å²) in [6, 6.07) is 3.07. The molecule has 1 aliphatic rings. The Balaban J connectivity index is 1.85. The highest BCUT2D eigenvalue weighted by Gasteiger charge is 2.36. The highest BCUT2D eigenvalue weighted by Crippen LogP contribution is 2.23. The van der Waals surface area contributed by atoms with Crippen LogP contribution in [-0.4, -0.2) is 47.4 Å². The van der Waals surface area contributed by atoms with Gasteiger partial charge in [-0.25, -0.2) is 0 Å². The Bertz CT molecular complexity index is 571. The predicted molar refractivity (Wildman–Crippen MR) is 75.6 cm³/mol. The van der Waals surface area contributed by atoms with E-state index < -0.39 is 17.8 Å². The second kappa shape index (κ2) is 6.30. The second-order valence-corrected chi connectivity index (χ2v) is 5.79. The van der Waals surface area contributed by atoms with Crippen molar-refractivity contribution >= 4 is 33.7 Å². The first kappa shape index (κ1) is 15.6. The molecule has 2 unspecified atom stereocenters. The number of furan rings is 1. The van der Waals surface area contributed by atoms with Gasteiger partial charge in [-0.1, -0.05) is 6.92 Å². The van der Waals surface area contributed by atoms with Crippen molar-refractivity contribution in [2.24, 2.45) is 11.8 Å². The van der Waals surface area contributed by atoms with Crippen molar-refractivity contribution in [3.8, 4) is 0 Å². The summed E-state index contributed by atoms with van der Waals surface area (Å²) < 4.78 is 5.50. The van der Waals surface area contributed by atoms with E-state index in [1.54, 1.807) is 13.0 Å². The lowest BCUT2D eigenvalue weighted by Crippen LogP contribution is -2.39. The third-order valence-electron chi connectivity index (χ3n) is 3.48. The van der Waals surface area contributed by atoms with Crippen molar-refractivity contribution in [2.45, 2.75) is 6.92 Å². The van der Waals surface area contributed by atoms with E-state index in [4.69, 9.17) is 9.52 Å². The molecule has 21 heavy (non-hydrogen) atoms. The van der Waals surface area contributed by atoms with E-state index in [-0.39, 0.29) is 30.7 Å². The number of nitrogens with one attached hydrogen (secondary N) is 1. The van der Waals surface area contributed by atoms with E-state index >= 15 is 0 Å². The van der Waals surface area contributed by atoms with Crippen LogP contribution in [0, 0.1) is 11.8 Å². The van der Waals surface area contributed by atoms with E-state index in [0.29, 0.717) is 11.2 Å². The van der Waals surface area contributed by atoms with E-state index in [2.05, 4.69) is 21.2 Å². The Labute approximate surface area is 129 Å². The molecule has 0 saturated carbocycles. The summed E-state index contributed by atoms with van der Waals surface area (Å²) in [5, 5.41) is 11.5. The van der Waals surface area contributed by atoms with Crippen molar-refractivity contribution < 1.29 is 23.9 Å². The second-order valence-electron chi connectivity index (χ2n) is 5.01.